The molecular formula is C38H36N2O2. The number of aromatic nitrogens is 2. The number of fused-ring (bicyclic) bond motifs is 2. The molecule has 210 valence electrons. The Labute approximate surface area is 246 Å². The summed E-state index contributed by atoms with van der Waals surface area (Å²) in [6.45, 7) is 4.42. The van der Waals surface area contributed by atoms with Crippen molar-refractivity contribution in [2.75, 3.05) is 0 Å². The second kappa shape index (κ2) is 10.3. The summed E-state index contributed by atoms with van der Waals surface area (Å²) >= 11 is 0. The fourth-order valence-corrected chi connectivity index (χ4v) is 7.40. The van der Waals surface area contributed by atoms with E-state index in [4.69, 9.17) is 18.8 Å². The van der Waals surface area contributed by atoms with Crippen LogP contribution in [0.2, 0.25) is 0 Å². The second-order valence-corrected chi connectivity index (χ2v) is 12.5. The largest absolute Gasteiger partial charge is 0.436 e. The van der Waals surface area contributed by atoms with Gasteiger partial charge in [-0.3, -0.25) is 0 Å². The van der Waals surface area contributed by atoms with Crippen LogP contribution in [0, 0.1) is 13.8 Å². The van der Waals surface area contributed by atoms with Crippen LogP contribution in [0.1, 0.15) is 85.5 Å². The Balaban J connectivity index is 1.03. The Bertz CT molecular complexity index is 1760. The summed E-state index contributed by atoms with van der Waals surface area (Å²) in [6, 6.07) is 25.8. The predicted octanol–water partition coefficient (Wildman–Crippen LogP) is 10.9. The van der Waals surface area contributed by atoms with E-state index in [9.17, 15) is 0 Å². The molecule has 2 aliphatic rings. The third-order valence-corrected chi connectivity index (χ3v) is 9.74. The van der Waals surface area contributed by atoms with E-state index < -0.39 is 0 Å². The third-order valence-electron chi connectivity index (χ3n) is 9.74. The minimum Gasteiger partial charge on any atom is -0.436 e. The van der Waals surface area contributed by atoms with Crippen molar-refractivity contribution < 1.29 is 8.83 Å². The standard InChI is InChI=1S/C38H36N2O2/c1-23-19-33-35(21-31(23)27-7-3-4-8-27)41-37(39-33)29-15-11-25(12-16-29)26-13-17-30(18-14-26)38-40-34-20-24(2)32(22-36(34)42-38)28-9-5-6-10-28/h11-22,27-28H,3-10H2,1-2H3. The molecule has 0 atom stereocenters. The number of rotatable bonds is 5. The Morgan fingerprint density at radius 2 is 0.857 bits per heavy atom. The number of hydrogen-bond donors (Lipinski definition) is 0. The van der Waals surface area contributed by atoms with E-state index in [0.29, 0.717) is 23.6 Å². The van der Waals surface area contributed by atoms with Gasteiger partial charge in [0.25, 0.3) is 0 Å². The van der Waals surface area contributed by atoms with E-state index in [-0.39, 0.29) is 0 Å². The van der Waals surface area contributed by atoms with Gasteiger partial charge in [-0.15, -0.1) is 0 Å². The van der Waals surface area contributed by atoms with Crippen LogP contribution in [0.4, 0.5) is 0 Å². The van der Waals surface area contributed by atoms with Gasteiger partial charge in [0.05, 0.1) is 0 Å². The first kappa shape index (κ1) is 25.5. The van der Waals surface area contributed by atoms with Gasteiger partial charge in [0.15, 0.2) is 11.2 Å². The lowest BCUT2D eigenvalue weighted by molar-refractivity contribution is 0.617. The van der Waals surface area contributed by atoms with Crippen molar-refractivity contribution >= 4 is 22.2 Å². The molecule has 2 aromatic heterocycles. The molecule has 2 fully saturated rings. The summed E-state index contributed by atoms with van der Waals surface area (Å²) in [7, 11) is 0. The van der Waals surface area contributed by atoms with Crippen LogP contribution in [0.5, 0.6) is 0 Å². The molecule has 8 rings (SSSR count). The molecule has 0 spiro atoms. The van der Waals surface area contributed by atoms with Gasteiger partial charge >= 0.3 is 0 Å². The minimum absolute atomic E-state index is 0.662. The SMILES string of the molecule is Cc1cc2nc(-c3ccc(-c4ccc(-c5nc6cc(C)c(C7CCCC7)cc6o5)cc4)cc3)oc2cc1C1CCCC1. The summed E-state index contributed by atoms with van der Waals surface area (Å²) in [5, 5.41) is 0. The fourth-order valence-electron chi connectivity index (χ4n) is 7.40. The van der Waals surface area contributed by atoms with Gasteiger partial charge in [0.1, 0.15) is 11.0 Å². The summed E-state index contributed by atoms with van der Waals surface area (Å²) in [4.78, 5) is 9.65. The molecule has 6 aromatic rings. The van der Waals surface area contributed by atoms with Crippen molar-refractivity contribution in [3.63, 3.8) is 0 Å². The molecule has 0 N–H and O–H groups in total. The van der Waals surface area contributed by atoms with Gasteiger partial charge < -0.3 is 8.83 Å². The summed E-state index contributed by atoms with van der Waals surface area (Å²) in [6.07, 6.45) is 10.5. The van der Waals surface area contributed by atoms with Gasteiger partial charge in [0, 0.05) is 11.1 Å². The summed E-state index contributed by atoms with van der Waals surface area (Å²) in [5.41, 5.74) is 13.5. The monoisotopic (exact) mass is 552 g/mol. The Morgan fingerprint density at radius 1 is 0.500 bits per heavy atom. The maximum absolute atomic E-state index is 6.26. The smallest absolute Gasteiger partial charge is 0.227 e. The molecule has 4 aromatic carbocycles. The molecule has 0 aliphatic heterocycles. The zero-order chi connectivity index (χ0) is 28.2. The zero-order valence-corrected chi connectivity index (χ0v) is 24.5. The lowest BCUT2D eigenvalue weighted by Gasteiger charge is -2.12. The predicted molar refractivity (Wildman–Crippen MR) is 170 cm³/mol. The first-order valence-electron chi connectivity index (χ1n) is 15.6. The van der Waals surface area contributed by atoms with Crippen LogP contribution >= 0.6 is 0 Å². The number of nitrogens with zero attached hydrogens (tertiary/aromatic N) is 2. The van der Waals surface area contributed by atoms with Crippen molar-refractivity contribution in [2.24, 2.45) is 0 Å². The molecule has 2 aliphatic carbocycles. The first-order chi connectivity index (χ1) is 20.6. The molecule has 0 radical (unpaired) electrons. The van der Waals surface area contributed by atoms with Crippen LogP contribution in [0.3, 0.4) is 0 Å². The van der Waals surface area contributed by atoms with E-state index in [1.807, 2.05) is 0 Å². The van der Waals surface area contributed by atoms with Crippen molar-refractivity contribution in [3.05, 3.63) is 95.1 Å². The summed E-state index contributed by atoms with van der Waals surface area (Å²) < 4.78 is 12.5. The van der Waals surface area contributed by atoms with Crippen LogP contribution in [-0.4, -0.2) is 9.97 Å². The van der Waals surface area contributed by atoms with E-state index in [0.717, 1.165) is 44.5 Å². The molecule has 0 saturated heterocycles. The van der Waals surface area contributed by atoms with Gasteiger partial charge in [0.2, 0.25) is 11.8 Å². The van der Waals surface area contributed by atoms with Crippen LogP contribution in [0.25, 0.3) is 56.2 Å². The molecule has 4 nitrogen and oxygen atoms in total. The highest BCUT2D eigenvalue weighted by molar-refractivity contribution is 5.80. The quantitative estimate of drug-likeness (QED) is 0.213. The Hall–Kier alpha value is -4.18. The zero-order valence-electron chi connectivity index (χ0n) is 24.5. The average Bonchev–Trinajstić information content (AvgIpc) is 3.83. The van der Waals surface area contributed by atoms with E-state index in [2.05, 4.69) is 86.6 Å². The first-order valence-corrected chi connectivity index (χ1v) is 15.6. The van der Waals surface area contributed by atoms with Crippen LogP contribution in [0.15, 0.2) is 81.6 Å². The van der Waals surface area contributed by atoms with Gasteiger partial charge in [-0.2, -0.15) is 0 Å². The highest BCUT2D eigenvalue weighted by Gasteiger charge is 2.22. The topological polar surface area (TPSA) is 52.1 Å². The second-order valence-electron chi connectivity index (χ2n) is 12.5. The van der Waals surface area contributed by atoms with Crippen molar-refractivity contribution in [2.45, 2.75) is 77.0 Å². The lowest BCUT2D eigenvalue weighted by Crippen LogP contribution is -1.95. The molecule has 0 bridgehead atoms. The van der Waals surface area contributed by atoms with Gasteiger partial charge in [-0.1, -0.05) is 49.9 Å². The van der Waals surface area contributed by atoms with Crippen molar-refractivity contribution in [1.29, 1.82) is 0 Å². The summed E-state index contributed by atoms with van der Waals surface area (Å²) in [5.74, 6) is 2.68. The molecular weight excluding hydrogens is 516 g/mol. The molecule has 0 amide bonds. The average molecular weight is 553 g/mol. The Morgan fingerprint density at radius 3 is 1.24 bits per heavy atom. The molecule has 4 heteroatoms. The molecule has 2 heterocycles. The van der Waals surface area contributed by atoms with Crippen LogP contribution < -0.4 is 0 Å². The third kappa shape index (κ3) is 4.54. The van der Waals surface area contributed by atoms with E-state index in [1.54, 1.807) is 0 Å². The Kier molecular flexibility index (Phi) is 6.24. The minimum atomic E-state index is 0.662. The fraction of sp³-hybridized carbons (Fsp3) is 0.316. The van der Waals surface area contributed by atoms with Gasteiger partial charge in [-0.05, 0) is 133 Å². The molecule has 0 unspecified atom stereocenters. The van der Waals surface area contributed by atoms with Gasteiger partial charge in [-0.25, -0.2) is 9.97 Å². The van der Waals surface area contributed by atoms with Crippen molar-refractivity contribution in [1.82, 2.24) is 9.97 Å². The normalized spacial score (nSPS) is 16.3. The van der Waals surface area contributed by atoms with E-state index in [1.165, 1.54) is 73.6 Å². The number of hydrogen-bond acceptors (Lipinski definition) is 4. The lowest BCUT2D eigenvalue weighted by atomic mass is 9.93. The maximum Gasteiger partial charge on any atom is 0.227 e. The highest BCUT2D eigenvalue weighted by Crippen LogP contribution is 2.39. The molecule has 2 saturated carbocycles. The molecule has 42 heavy (non-hydrogen) atoms. The maximum atomic E-state index is 6.26. The number of benzene rings is 4. The number of aryl methyl sites for hydroxylation is 2. The number of oxazole rings is 2. The van der Waals surface area contributed by atoms with Crippen molar-refractivity contribution in [3.8, 4) is 34.0 Å². The van der Waals surface area contributed by atoms with E-state index >= 15 is 0 Å². The van der Waals surface area contributed by atoms with Crippen LogP contribution in [-0.2, 0) is 0 Å². The highest BCUT2D eigenvalue weighted by atomic mass is 16.4.